The number of amides is 2. The molecule has 0 unspecified atom stereocenters. The van der Waals surface area contributed by atoms with Crippen LogP contribution in [0.15, 0.2) is 60.7 Å². The zero-order valence-electron chi connectivity index (χ0n) is 20.7. The van der Waals surface area contributed by atoms with Gasteiger partial charge in [0, 0.05) is 23.7 Å². The number of benzene rings is 3. The lowest BCUT2D eigenvalue weighted by Crippen LogP contribution is -2.40. The number of aromatic nitrogens is 5. The molecule has 0 radical (unpaired) electrons. The van der Waals surface area contributed by atoms with Crippen molar-refractivity contribution in [2.75, 3.05) is 5.32 Å². The van der Waals surface area contributed by atoms with Gasteiger partial charge in [0.2, 0.25) is 0 Å². The number of carboxylic acids is 1. The first-order chi connectivity index (χ1) is 18.5. The molecule has 2 amide bonds. The highest BCUT2D eigenvalue weighted by Crippen LogP contribution is 2.36. The van der Waals surface area contributed by atoms with Crippen molar-refractivity contribution < 1.29 is 27.9 Å². The summed E-state index contributed by atoms with van der Waals surface area (Å²) in [4.78, 5) is 23.6. The molecule has 0 saturated carbocycles. The Morgan fingerprint density at radius 2 is 1.82 bits per heavy atom. The number of fused-ring (bicyclic) bond motifs is 3. The lowest BCUT2D eigenvalue weighted by atomic mass is 10.0. The van der Waals surface area contributed by atoms with Crippen LogP contribution >= 0.6 is 0 Å². The van der Waals surface area contributed by atoms with E-state index in [0.29, 0.717) is 6.54 Å². The number of aromatic amines is 1. The maximum Gasteiger partial charge on any atom is 0.490 e. The van der Waals surface area contributed by atoms with Crippen LogP contribution in [0.5, 0.6) is 0 Å². The molecule has 2 aromatic heterocycles. The lowest BCUT2D eigenvalue weighted by molar-refractivity contribution is -0.192. The molecule has 3 N–H and O–H groups in total. The van der Waals surface area contributed by atoms with Crippen LogP contribution in [0.2, 0.25) is 0 Å². The first-order valence-electron chi connectivity index (χ1n) is 11.8. The molecule has 3 aromatic carbocycles. The summed E-state index contributed by atoms with van der Waals surface area (Å²) < 4.78 is 33.5. The normalized spacial score (nSPS) is 14.0. The molecule has 0 saturated heterocycles. The number of carbonyl (C=O) groups is 2. The molecule has 6 rings (SSSR count). The third-order valence-electron chi connectivity index (χ3n) is 6.51. The Morgan fingerprint density at radius 1 is 1.10 bits per heavy atom. The number of nitrogens with one attached hydrogen (secondary N) is 2. The molecule has 5 aromatic rings. The van der Waals surface area contributed by atoms with Gasteiger partial charge in [-0.25, -0.2) is 14.3 Å². The van der Waals surface area contributed by atoms with Crippen LogP contribution in [0.3, 0.4) is 0 Å². The van der Waals surface area contributed by atoms with Crippen molar-refractivity contribution in [2.45, 2.75) is 25.7 Å². The average Bonchev–Trinajstić information content (AvgIpc) is 3.49. The number of anilines is 1. The standard InChI is InChI=1S/C24H21N7O.C2HF3O2/c1-14(15-6-4-3-5-7-15)31-13-17-10-18-21(12-20(17)25-24(31)32)26-28-23(18)16-8-9-19-22(11-16)30(2)29-27-19;3-2(4,5)1(6)7/h3-12,14H,13H2,1-2H3,(H,25,32)(H,26,28);(H,6,7)/t14-;/m1./s1. The number of hydrogen-bond donors (Lipinski definition) is 3. The summed E-state index contributed by atoms with van der Waals surface area (Å²) in [5.74, 6) is -2.76. The summed E-state index contributed by atoms with van der Waals surface area (Å²) in [5, 5.41) is 27.1. The zero-order valence-corrected chi connectivity index (χ0v) is 20.7. The molecule has 1 atom stereocenters. The van der Waals surface area contributed by atoms with Crippen molar-refractivity contribution in [3.63, 3.8) is 0 Å². The zero-order chi connectivity index (χ0) is 27.9. The Hall–Kier alpha value is -4.94. The molecule has 0 aliphatic carbocycles. The molecule has 200 valence electrons. The minimum absolute atomic E-state index is 0.0383. The monoisotopic (exact) mass is 537 g/mol. The second-order valence-corrected chi connectivity index (χ2v) is 8.99. The number of aliphatic carboxylic acids is 1. The van der Waals surface area contributed by atoms with Gasteiger partial charge in [-0.15, -0.1) is 5.10 Å². The van der Waals surface area contributed by atoms with Crippen molar-refractivity contribution in [1.29, 1.82) is 0 Å². The molecule has 10 nitrogen and oxygen atoms in total. The van der Waals surface area contributed by atoms with E-state index in [1.807, 2.05) is 60.5 Å². The highest BCUT2D eigenvalue weighted by molar-refractivity contribution is 6.00. The summed E-state index contributed by atoms with van der Waals surface area (Å²) in [7, 11) is 1.88. The Kier molecular flexibility index (Phi) is 6.42. The van der Waals surface area contributed by atoms with Gasteiger partial charge in [0.1, 0.15) is 5.52 Å². The van der Waals surface area contributed by atoms with Crippen LogP contribution in [-0.2, 0) is 18.4 Å². The number of alkyl halides is 3. The van der Waals surface area contributed by atoms with Gasteiger partial charge in [-0.3, -0.25) is 5.10 Å². The van der Waals surface area contributed by atoms with E-state index >= 15 is 0 Å². The van der Waals surface area contributed by atoms with E-state index in [-0.39, 0.29) is 12.1 Å². The molecule has 13 heteroatoms. The summed E-state index contributed by atoms with van der Waals surface area (Å²) >= 11 is 0. The van der Waals surface area contributed by atoms with Crippen LogP contribution in [0, 0.1) is 0 Å². The average molecular weight is 538 g/mol. The number of nitrogens with zero attached hydrogens (tertiary/aromatic N) is 5. The number of H-pyrrole nitrogens is 1. The second kappa shape index (κ2) is 9.74. The van der Waals surface area contributed by atoms with Crippen molar-refractivity contribution in [1.82, 2.24) is 30.1 Å². The molecule has 1 aliphatic rings. The van der Waals surface area contributed by atoms with E-state index in [9.17, 15) is 18.0 Å². The highest BCUT2D eigenvalue weighted by Gasteiger charge is 2.38. The van der Waals surface area contributed by atoms with E-state index < -0.39 is 12.1 Å². The van der Waals surface area contributed by atoms with Crippen LogP contribution in [0.1, 0.15) is 24.1 Å². The van der Waals surface area contributed by atoms with Crippen molar-refractivity contribution >= 4 is 39.6 Å². The van der Waals surface area contributed by atoms with Gasteiger partial charge in [-0.1, -0.05) is 41.6 Å². The molecule has 0 fully saturated rings. The number of carbonyl (C=O) groups excluding carboxylic acids is 1. The quantitative estimate of drug-likeness (QED) is 0.288. The number of hydrogen-bond acceptors (Lipinski definition) is 5. The molecular formula is C26H22F3N7O3. The maximum absolute atomic E-state index is 12.8. The minimum Gasteiger partial charge on any atom is -0.475 e. The second-order valence-electron chi connectivity index (χ2n) is 8.99. The van der Waals surface area contributed by atoms with Gasteiger partial charge in [-0.05, 0) is 42.3 Å². The fourth-order valence-electron chi connectivity index (χ4n) is 4.42. The van der Waals surface area contributed by atoms with Gasteiger partial charge in [0.25, 0.3) is 0 Å². The van der Waals surface area contributed by atoms with Crippen molar-refractivity contribution in [3.8, 4) is 11.3 Å². The van der Waals surface area contributed by atoms with E-state index in [4.69, 9.17) is 9.90 Å². The summed E-state index contributed by atoms with van der Waals surface area (Å²) in [6.45, 7) is 2.58. The summed E-state index contributed by atoms with van der Waals surface area (Å²) in [6.07, 6.45) is -5.08. The highest BCUT2D eigenvalue weighted by atomic mass is 19.4. The Morgan fingerprint density at radius 3 is 2.51 bits per heavy atom. The fourth-order valence-corrected chi connectivity index (χ4v) is 4.42. The smallest absolute Gasteiger partial charge is 0.475 e. The van der Waals surface area contributed by atoms with Crippen LogP contribution < -0.4 is 5.32 Å². The molecule has 0 bridgehead atoms. The van der Waals surface area contributed by atoms with E-state index in [1.54, 1.807) is 4.68 Å². The largest absolute Gasteiger partial charge is 0.490 e. The third-order valence-corrected chi connectivity index (χ3v) is 6.51. The van der Waals surface area contributed by atoms with Crippen LogP contribution in [0.25, 0.3) is 33.2 Å². The van der Waals surface area contributed by atoms with Gasteiger partial charge in [-0.2, -0.15) is 18.3 Å². The van der Waals surface area contributed by atoms with Gasteiger partial charge >= 0.3 is 18.2 Å². The van der Waals surface area contributed by atoms with E-state index in [0.717, 1.165) is 50.0 Å². The summed E-state index contributed by atoms with van der Waals surface area (Å²) in [6, 6.07) is 20.1. The number of carboxylic acid groups (broad SMARTS) is 1. The fraction of sp³-hybridized carbons (Fsp3) is 0.192. The Balaban J connectivity index is 0.000000392. The van der Waals surface area contributed by atoms with Gasteiger partial charge < -0.3 is 15.3 Å². The van der Waals surface area contributed by atoms with E-state index in [1.165, 1.54) is 0 Å². The Bertz CT molecular complexity index is 1700. The molecule has 3 heterocycles. The maximum atomic E-state index is 12.8. The third kappa shape index (κ3) is 4.98. The number of urea groups is 1. The Labute approximate surface area is 219 Å². The molecule has 0 spiro atoms. The van der Waals surface area contributed by atoms with Gasteiger partial charge in [0.05, 0.1) is 29.3 Å². The number of rotatable bonds is 3. The minimum atomic E-state index is -5.08. The summed E-state index contributed by atoms with van der Waals surface area (Å²) in [5.41, 5.74) is 7.52. The van der Waals surface area contributed by atoms with Crippen molar-refractivity contribution in [3.05, 3.63) is 71.8 Å². The van der Waals surface area contributed by atoms with Crippen molar-refractivity contribution in [2.24, 2.45) is 7.05 Å². The predicted octanol–water partition coefficient (Wildman–Crippen LogP) is 5.25. The van der Waals surface area contributed by atoms with Gasteiger partial charge in [0.15, 0.2) is 0 Å². The predicted molar refractivity (Wildman–Crippen MR) is 137 cm³/mol. The number of halogens is 3. The first kappa shape index (κ1) is 25.7. The van der Waals surface area contributed by atoms with Crippen LogP contribution in [-0.4, -0.2) is 53.4 Å². The van der Waals surface area contributed by atoms with E-state index in [2.05, 4.69) is 44.9 Å². The molecular weight excluding hydrogens is 515 g/mol. The molecule has 1 aliphatic heterocycles. The van der Waals surface area contributed by atoms with Crippen LogP contribution in [0.4, 0.5) is 23.7 Å². The SMILES string of the molecule is C[C@H](c1ccccc1)N1Cc2cc3c(-c4ccc5nnn(C)c5c4)n[nH]c3cc2NC1=O.O=C(O)C(F)(F)F. The number of aryl methyl sites for hydroxylation is 1. The first-order valence-corrected chi connectivity index (χ1v) is 11.8. The molecule has 39 heavy (non-hydrogen) atoms. The lowest BCUT2D eigenvalue weighted by Gasteiger charge is -2.34. The topological polar surface area (TPSA) is 129 Å².